The van der Waals surface area contributed by atoms with Crippen LogP contribution in [-0.4, -0.2) is 26.9 Å². The lowest BCUT2D eigenvalue weighted by Crippen LogP contribution is -2.46. The average Bonchev–Trinajstić information content (AvgIpc) is 3.29. The Morgan fingerprint density at radius 3 is 2.41 bits per heavy atom. The molecule has 0 heterocycles. The second-order valence-corrected chi connectivity index (χ2v) is 10.4. The molecule has 5 nitrogen and oxygen atoms in total. The van der Waals surface area contributed by atoms with Crippen LogP contribution in [0.1, 0.15) is 36.8 Å². The monoisotopic (exact) mass is 412 g/mol. The van der Waals surface area contributed by atoms with Crippen LogP contribution in [0.2, 0.25) is 0 Å². The quantitative estimate of drug-likeness (QED) is 0.785. The molecule has 29 heavy (non-hydrogen) atoms. The van der Waals surface area contributed by atoms with Crippen molar-refractivity contribution in [3.8, 4) is 0 Å². The molecule has 4 rings (SSSR count). The predicted molar refractivity (Wildman–Crippen MR) is 114 cm³/mol. The number of anilines is 1. The van der Waals surface area contributed by atoms with Crippen LogP contribution in [0.25, 0.3) is 0 Å². The Bertz CT molecular complexity index is 1000. The number of hydrogen-bond donors (Lipinski definition) is 1. The highest BCUT2D eigenvalue weighted by Crippen LogP contribution is 2.44. The van der Waals surface area contributed by atoms with Crippen LogP contribution in [0.3, 0.4) is 0 Å². The zero-order valence-electron chi connectivity index (χ0n) is 17.0. The maximum absolute atomic E-state index is 13.4. The van der Waals surface area contributed by atoms with Gasteiger partial charge < -0.3 is 5.32 Å². The van der Waals surface area contributed by atoms with Gasteiger partial charge in [-0.2, -0.15) is 0 Å². The molecular weight excluding hydrogens is 384 g/mol. The second kappa shape index (κ2) is 7.82. The molecule has 2 aromatic rings. The molecule has 2 bridgehead atoms. The first kappa shape index (κ1) is 20.0. The molecule has 1 amide bonds. The third kappa shape index (κ3) is 4.17. The smallest absolute Gasteiger partial charge is 0.264 e. The van der Waals surface area contributed by atoms with Gasteiger partial charge >= 0.3 is 0 Å². The number of nitrogens with one attached hydrogen (secondary N) is 1. The van der Waals surface area contributed by atoms with Gasteiger partial charge in [0.15, 0.2) is 0 Å². The maximum atomic E-state index is 13.4. The number of nitrogens with zero attached hydrogens (tertiary/aromatic N) is 1. The number of fused-ring (bicyclic) bond motifs is 2. The molecule has 2 fully saturated rings. The highest BCUT2D eigenvalue weighted by molar-refractivity contribution is 7.92. The van der Waals surface area contributed by atoms with Crippen molar-refractivity contribution in [3.63, 3.8) is 0 Å². The fourth-order valence-corrected chi connectivity index (χ4v) is 6.15. The molecule has 6 heteroatoms. The van der Waals surface area contributed by atoms with E-state index in [-0.39, 0.29) is 23.4 Å². The summed E-state index contributed by atoms with van der Waals surface area (Å²) in [4.78, 5) is 13.1. The Balaban J connectivity index is 1.60. The molecule has 0 radical (unpaired) electrons. The molecule has 0 aromatic heterocycles. The third-order valence-electron chi connectivity index (χ3n) is 6.27. The minimum Gasteiger partial charge on any atom is -0.352 e. The molecule has 154 valence electrons. The number of hydrogen-bond acceptors (Lipinski definition) is 3. The number of amides is 1. The summed E-state index contributed by atoms with van der Waals surface area (Å²) in [6.45, 7) is 3.61. The molecule has 0 aliphatic heterocycles. The van der Waals surface area contributed by atoms with Gasteiger partial charge in [0, 0.05) is 6.04 Å². The van der Waals surface area contributed by atoms with Gasteiger partial charge in [0.05, 0.1) is 10.6 Å². The number of sulfonamides is 1. The topological polar surface area (TPSA) is 66.5 Å². The molecule has 0 spiro atoms. The van der Waals surface area contributed by atoms with Gasteiger partial charge in [-0.25, -0.2) is 8.42 Å². The van der Waals surface area contributed by atoms with Gasteiger partial charge in [-0.3, -0.25) is 9.10 Å². The Morgan fingerprint density at radius 1 is 1.03 bits per heavy atom. The van der Waals surface area contributed by atoms with Crippen LogP contribution < -0.4 is 9.62 Å². The van der Waals surface area contributed by atoms with E-state index in [1.807, 2.05) is 26.0 Å². The summed E-state index contributed by atoms with van der Waals surface area (Å²) in [6, 6.07) is 14.2. The lowest BCUT2D eigenvalue weighted by Gasteiger charge is -2.27. The second-order valence-electron chi connectivity index (χ2n) is 8.51. The number of rotatable bonds is 6. The van der Waals surface area contributed by atoms with E-state index in [2.05, 4.69) is 5.32 Å². The molecule has 0 unspecified atom stereocenters. The Morgan fingerprint density at radius 2 is 1.79 bits per heavy atom. The summed E-state index contributed by atoms with van der Waals surface area (Å²) in [7, 11) is -3.85. The van der Waals surface area contributed by atoms with E-state index in [1.54, 1.807) is 36.4 Å². The summed E-state index contributed by atoms with van der Waals surface area (Å²) in [5, 5.41) is 3.11. The third-order valence-corrected chi connectivity index (χ3v) is 8.06. The lowest BCUT2D eigenvalue weighted by atomic mass is 9.95. The number of benzene rings is 2. The SMILES string of the molecule is Cc1ccc(S(=O)(=O)N(CC(=O)N[C@@H]2C[C@@H]3CC[C@H]2C3)c2cccc(C)c2)cc1. The Hall–Kier alpha value is -2.34. The van der Waals surface area contributed by atoms with Crippen molar-refractivity contribution in [2.45, 2.75) is 50.5 Å². The molecule has 2 saturated carbocycles. The van der Waals surface area contributed by atoms with Crippen molar-refractivity contribution < 1.29 is 13.2 Å². The number of carbonyl (C=O) groups is 1. The van der Waals surface area contributed by atoms with E-state index < -0.39 is 10.0 Å². The minimum absolute atomic E-state index is 0.183. The molecular formula is C23H28N2O3S. The largest absolute Gasteiger partial charge is 0.352 e. The van der Waals surface area contributed by atoms with Gasteiger partial charge in [0.1, 0.15) is 6.54 Å². The summed E-state index contributed by atoms with van der Waals surface area (Å²) in [5.74, 6) is 1.03. The van der Waals surface area contributed by atoms with E-state index in [0.717, 1.165) is 23.5 Å². The standard InChI is InChI=1S/C23H28N2O3S/c1-16-6-10-21(11-7-16)29(27,28)25(20-5-3-4-17(2)12-20)15-23(26)24-22-14-18-8-9-19(22)13-18/h3-7,10-12,18-19,22H,8-9,13-15H2,1-2H3,(H,24,26)/t18-,19+,22-/m1/s1. The highest BCUT2D eigenvalue weighted by atomic mass is 32.2. The van der Waals surface area contributed by atoms with Crippen molar-refractivity contribution in [2.75, 3.05) is 10.8 Å². The van der Waals surface area contributed by atoms with Crippen LogP contribution in [0.5, 0.6) is 0 Å². The van der Waals surface area contributed by atoms with Crippen LogP contribution in [0, 0.1) is 25.7 Å². The number of aryl methyl sites for hydroxylation is 2. The zero-order chi connectivity index (χ0) is 20.6. The van der Waals surface area contributed by atoms with Crippen molar-refractivity contribution in [1.82, 2.24) is 5.32 Å². The molecule has 2 aromatic carbocycles. The van der Waals surface area contributed by atoms with E-state index in [1.165, 1.54) is 23.6 Å². The summed E-state index contributed by atoms with van der Waals surface area (Å²) >= 11 is 0. The molecule has 0 saturated heterocycles. The molecule has 2 aliphatic carbocycles. The van der Waals surface area contributed by atoms with Crippen LogP contribution in [-0.2, 0) is 14.8 Å². The van der Waals surface area contributed by atoms with Crippen molar-refractivity contribution in [2.24, 2.45) is 11.8 Å². The first-order valence-electron chi connectivity index (χ1n) is 10.3. The summed E-state index contributed by atoms with van der Waals surface area (Å²) in [5.41, 5.74) is 2.44. The zero-order valence-corrected chi connectivity index (χ0v) is 17.8. The van der Waals surface area contributed by atoms with Gasteiger partial charge in [-0.15, -0.1) is 0 Å². The number of carbonyl (C=O) groups excluding carboxylic acids is 1. The first-order valence-corrected chi connectivity index (χ1v) is 11.7. The molecule has 2 aliphatic rings. The Kier molecular flexibility index (Phi) is 5.38. The maximum Gasteiger partial charge on any atom is 0.264 e. The van der Waals surface area contributed by atoms with Crippen LogP contribution >= 0.6 is 0 Å². The van der Waals surface area contributed by atoms with E-state index in [4.69, 9.17) is 0 Å². The lowest BCUT2D eigenvalue weighted by molar-refractivity contribution is -0.120. The van der Waals surface area contributed by atoms with Gasteiger partial charge in [0.25, 0.3) is 10.0 Å². The highest BCUT2D eigenvalue weighted by Gasteiger charge is 2.40. The normalized spacial score (nSPS) is 23.2. The van der Waals surface area contributed by atoms with Crippen molar-refractivity contribution in [1.29, 1.82) is 0 Å². The van der Waals surface area contributed by atoms with Gasteiger partial charge in [-0.05, 0) is 74.8 Å². The predicted octanol–water partition coefficient (Wildman–Crippen LogP) is 3.80. The van der Waals surface area contributed by atoms with Crippen molar-refractivity contribution >= 4 is 21.6 Å². The fourth-order valence-electron chi connectivity index (χ4n) is 4.74. The summed E-state index contributed by atoms with van der Waals surface area (Å²) < 4.78 is 28.0. The van der Waals surface area contributed by atoms with Gasteiger partial charge in [-0.1, -0.05) is 36.2 Å². The van der Waals surface area contributed by atoms with E-state index in [0.29, 0.717) is 11.6 Å². The van der Waals surface area contributed by atoms with E-state index >= 15 is 0 Å². The van der Waals surface area contributed by atoms with E-state index in [9.17, 15) is 13.2 Å². The first-order chi connectivity index (χ1) is 13.8. The van der Waals surface area contributed by atoms with Gasteiger partial charge in [0.2, 0.25) is 5.91 Å². The minimum atomic E-state index is -3.85. The molecule has 3 atom stereocenters. The fraction of sp³-hybridized carbons (Fsp3) is 0.435. The Labute approximate surface area is 173 Å². The summed E-state index contributed by atoms with van der Waals surface area (Å²) in [6.07, 6.45) is 4.63. The van der Waals surface area contributed by atoms with Crippen LogP contribution in [0.15, 0.2) is 53.4 Å². The molecule has 1 N–H and O–H groups in total. The average molecular weight is 413 g/mol. The van der Waals surface area contributed by atoms with Crippen molar-refractivity contribution in [3.05, 3.63) is 59.7 Å². The van der Waals surface area contributed by atoms with Crippen LogP contribution in [0.4, 0.5) is 5.69 Å².